The van der Waals surface area contributed by atoms with E-state index in [1.54, 1.807) is 13.3 Å². The highest BCUT2D eigenvalue weighted by Gasteiger charge is 2.55. The smallest absolute Gasteiger partial charge is 0.325 e. The highest BCUT2D eigenvalue weighted by atomic mass is 32.1. The Labute approximate surface area is 136 Å². The molecule has 0 radical (unpaired) electrons. The summed E-state index contributed by atoms with van der Waals surface area (Å²) in [7, 11) is 1.58. The van der Waals surface area contributed by atoms with Crippen molar-refractivity contribution in [3.63, 3.8) is 0 Å². The number of nitrogens with one attached hydrogen (secondary N) is 1. The number of fused-ring (bicyclic) bond motifs is 2. The van der Waals surface area contributed by atoms with Crippen LogP contribution in [0.1, 0.15) is 23.2 Å². The minimum atomic E-state index is -0.982. The third kappa shape index (κ3) is 2.02. The average molecular weight is 330 g/mol. The van der Waals surface area contributed by atoms with Crippen LogP contribution in [0.15, 0.2) is 24.4 Å². The third-order valence-electron chi connectivity index (χ3n) is 4.45. The van der Waals surface area contributed by atoms with Gasteiger partial charge in [-0.1, -0.05) is 6.07 Å². The molecule has 8 heteroatoms. The molecule has 0 saturated carbocycles. The minimum Gasteiger partial charge on any atom is -0.497 e. The molecular formula is C15H14N4O3S. The van der Waals surface area contributed by atoms with Crippen molar-refractivity contribution in [2.45, 2.75) is 24.9 Å². The van der Waals surface area contributed by atoms with Gasteiger partial charge in [0.25, 0.3) is 5.91 Å². The highest BCUT2D eigenvalue weighted by molar-refractivity contribution is 6.99. The molecule has 1 aromatic carbocycles. The summed E-state index contributed by atoms with van der Waals surface area (Å²) in [6.45, 7) is 0.141. The van der Waals surface area contributed by atoms with E-state index in [0.29, 0.717) is 17.9 Å². The number of aromatic nitrogens is 2. The van der Waals surface area contributed by atoms with Crippen molar-refractivity contribution in [3.05, 3.63) is 41.2 Å². The van der Waals surface area contributed by atoms with Crippen LogP contribution in [0, 0.1) is 0 Å². The van der Waals surface area contributed by atoms with Gasteiger partial charge in [-0.05, 0) is 36.1 Å². The van der Waals surface area contributed by atoms with Crippen LogP contribution in [-0.2, 0) is 23.3 Å². The van der Waals surface area contributed by atoms with Gasteiger partial charge in [0.1, 0.15) is 11.3 Å². The van der Waals surface area contributed by atoms with Crippen LogP contribution < -0.4 is 10.1 Å². The zero-order valence-corrected chi connectivity index (χ0v) is 13.2. The predicted octanol–water partition coefficient (Wildman–Crippen LogP) is 1.44. The first-order chi connectivity index (χ1) is 11.1. The zero-order chi connectivity index (χ0) is 16.0. The summed E-state index contributed by atoms with van der Waals surface area (Å²) in [4.78, 5) is 26.6. The number of aryl methyl sites for hydroxylation is 1. The van der Waals surface area contributed by atoms with Crippen molar-refractivity contribution in [2.24, 2.45) is 0 Å². The quantitative estimate of drug-likeness (QED) is 0.861. The molecule has 7 nitrogen and oxygen atoms in total. The van der Waals surface area contributed by atoms with Gasteiger partial charge in [0, 0.05) is 0 Å². The maximum atomic E-state index is 13.0. The summed E-state index contributed by atoms with van der Waals surface area (Å²) >= 11 is 1.06. The summed E-state index contributed by atoms with van der Waals surface area (Å²) in [5.41, 5.74) is 1.52. The van der Waals surface area contributed by atoms with Crippen LogP contribution in [-0.4, -0.2) is 32.7 Å². The number of nitrogens with zero attached hydrogens (tertiary/aromatic N) is 3. The molecule has 1 aliphatic heterocycles. The number of hydrogen-bond donors (Lipinski definition) is 1. The Hall–Kier alpha value is -2.48. The molecule has 2 aromatic rings. The lowest BCUT2D eigenvalue weighted by Crippen LogP contribution is -2.41. The lowest BCUT2D eigenvalue weighted by atomic mass is 9.91. The maximum absolute atomic E-state index is 13.0. The Morgan fingerprint density at radius 3 is 3.04 bits per heavy atom. The standard InChI is InChI=1S/C15H14N4O3S/c1-22-11-3-2-9-4-5-15(12(9)6-11)13(20)19(14(21)17-15)8-10-7-16-23-18-10/h2-3,6-7H,4-5,8H2,1H3,(H,17,21). The highest BCUT2D eigenvalue weighted by Crippen LogP contribution is 2.43. The number of hydrogen-bond acceptors (Lipinski definition) is 6. The maximum Gasteiger partial charge on any atom is 0.325 e. The van der Waals surface area contributed by atoms with E-state index in [1.165, 1.54) is 4.90 Å². The van der Waals surface area contributed by atoms with E-state index in [1.807, 2.05) is 18.2 Å². The summed E-state index contributed by atoms with van der Waals surface area (Å²) in [6.07, 6.45) is 2.88. The second-order valence-corrected chi connectivity index (χ2v) is 6.21. The first kappa shape index (κ1) is 14.1. The van der Waals surface area contributed by atoms with Crippen LogP contribution in [0.5, 0.6) is 5.75 Å². The van der Waals surface area contributed by atoms with Crippen LogP contribution in [0.25, 0.3) is 0 Å². The van der Waals surface area contributed by atoms with Gasteiger partial charge in [-0.2, -0.15) is 8.75 Å². The van der Waals surface area contributed by atoms with Crippen LogP contribution in [0.3, 0.4) is 0 Å². The van der Waals surface area contributed by atoms with Gasteiger partial charge in [0.15, 0.2) is 0 Å². The van der Waals surface area contributed by atoms with Crippen molar-refractivity contribution in [3.8, 4) is 5.75 Å². The van der Waals surface area contributed by atoms with Gasteiger partial charge in [0.2, 0.25) is 0 Å². The molecule has 1 aromatic heterocycles. The molecule has 118 valence electrons. The fraction of sp³-hybridized carbons (Fsp3) is 0.333. The molecule has 1 unspecified atom stereocenters. The molecule has 1 aliphatic carbocycles. The Balaban J connectivity index is 1.71. The molecule has 3 amide bonds. The van der Waals surface area contributed by atoms with Crippen LogP contribution >= 0.6 is 11.7 Å². The normalized spacial score (nSPS) is 22.6. The summed E-state index contributed by atoms with van der Waals surface area (Å²) in [6, 6.07) is 5.28. The van der Waals surface area contributed by atoms with Gasteiger partial charge < -0.3 is 10.1 Å². The molecule has 0 bridgehead atoms. The largest absolute Gasteiger partial charge is 0.497 e. The topological polar surface area (TPSA) is 84.4 Å². The summed E-state index contributed by atoms with van der Waals surface area (Å²) in [5.74, 6) is 0.441. The van der Waals surface area contributed by atoms with Gasteiger partial charge in [-0.3, -0.25) is 9.69 Å². The molecule has 4 rings (SSSR count). The van der Waals surface area contributed by atoms with E-state index >= 15 is 0 Å². The van der Waals surface area contributed by atoms with Crippen molar-refractivity contribution < 1.29 is 14.3 Å². The number of ether oxygens (including phenoxy) is 1. The summed E-state index contributed by atoms with van der Waals surface area (Å²) < 4.78 is 13.2. The SMILES string of the molecule is COc1ccc2c(c1)C1(CC2)NC(=O)N(Cc2cnsn2)C1=O. The predicted molar refractivity (Wildman–Crippen MR) is 82.0 cm³/mol. The minimum absolute atomic E-state index is 0.141. The first-order valence-electron chi connectivity index (χ1n) is 7.22. The van der Waals surface area contributed by atoms with E-state index < -0.39 is 11.6 Å². The van der Waals surface area contributed by atoms with Crippen LogP contribution in [0.4, 0.5) is 4.79 Å². The lowest BCUT2D eigenvalue weighted by Gasteiger charge is -2.22. The average Bonchev–Trinajstić information content (AvgIpc) is 3.25. The fourth-order valence-electron chi connectivity index (χ4n) is 3.29. The summed E-state index contributed by atoms with van der Waals surface area (Å²) in [5, 5.41) is 2.89. The lowest BCUT2D eigenvalue weighted by molar-refractivity contribution is -0.132. The molecular weight excluding hydrogens is 316 g/mol. The molecule has 2 heterocycles. The van der Waals surface area contributed by atoms with Gasteiger partial charge in [-0.15, -0.1) is 0 Å². The Morgan fingerprint density at radius 2 is 2.30 bits per heavy atom. The second-order valence-electron chi connectivity index (χ2n) is 5.65. The molecule has 1 saturated heterocycles. The molecule has 1 spiro atoms. The molecule has 1 fully saturated rings. The number of carbonyl (C=O) groups excluding carboxylic acids is 2. The Bertz CT molecular complexity index is 792. The Morgan fingerprint density at radius 1 is 1.43 bits per heavy atom. The second kappa shape index (κ2) is 5.02. The number of rotatable bonds is 3. The Kier molecular flexibility index (Phi) is 3.08. The van der Waals surface area contributed by atoms with Gasteiger partial charge in [0.05, 0.1) is 37.3 Å². The molecule has 23 heavy (non-hydrogen) atoms. The number of carbonyl (C=O) groups is 2. The van der Waals surface area contributed by atoms with E-state index in [9.17, 15) is 9.59 Å². The van der Waals surface area contributed by atoms with Gasteiger partial charge >= 0.3 is 6.03 Å². The number of methoxy groups -OCH3 is 1. The van der Waals surface area contributed by atoms with Crippen LogP contribution in [0.2, 0.25) is 0 Å². The molecule has 1 atom stereocenters. The van der Waals surface area contributed by atoms with Crippen molar-refractivity contribution in [1.29, 1.82) is 0 Å². The third-order valence-corrected chi connectivity index (χ3v) is 4.96. The van der Waals surface area contributed by atoms with Gasteiger partial charge in [-0.25, -0.2) is 4.79 Å². The molecule has 1 N–H and O–H groups in total. The van der Waals surface area contributed by atoms with E-state index in [0.717, 1.165) is 29.3 Å². The fourth-order valence-corrected chi connectivity index (χ4v) is 3.72. The molecule has 2 aliphatic rings. The number of amides is 3. The monoisotopic (exact) mass is 330 g/mol. The number of benzene rings is 1. The first-order valence-corrected chi connectivity index (χ1v) is 7.95. The van der Waals surface area contributed by atoms with Crippen molar-refractivity contribution >= 4 is 23.7 Å². The van der Waals surface area contributed by atoms with E-state index in [4.69, 9.17) is 4.74 Å². The van der Waals surface area contributed by atoms with E-state index in [-0.39, 0.29) is 12.5 Å². The zero-order valence-electron chi connectivity index (χ0n) is 12.4. The number of urea groups is 1. The van der Waals surface area contributed by atoms with Crippen molar-refractivity contribution in [1.82, 2.24) is 19.0 Å². The van der Waals surface area contributed by atoms with E-state index in [2.05, 4.69) is 14.1 Å². The number of imide groups is 1. The van der Waals surface area contributed by atoms with Crippen molar-refractivity contribution in [2.75, 3.05) is 7.11 Å².